The van der Waals surface area contributed by atoms with E-state index in [9.17, 15) is 0 Å². The van der Waals surface area contributed by atoms with Gasteiger partial charge in [0, 0.05) is 5.69 Å². The molecule has 1 aromatic heterocycles. The second-order valence-electron chi connectivity index (χ2n) is 5.68. The number of hydrogen-bond donors (Lipinski definition) is 1. The minimum atomic E-state index is 0.0553. The molecular formula is C16H21N3. The van der Waals surface area contributed by atoms with Gasteiger partial charge in [-0.15, -0.1) is 0 Å². The van der Waals surface area contributed by atoms with E-state index in [0.717, 1.165) is 12.1 Å². The third kappa shape index (κ3) is 1.89. The van der Waals surface area contributed by atoms with Crippen LogP contribution < -0.4 is 5.73 Å². The molecule has 3 nitrogen and oxygen atoms in total. The third-order valence-electron chi connectivity index (χ3n) is 4.54. The second kappa shape index (κ2) is 4.49. The smallest absolute Gasteiger partial charge is 0.0954 e. The maximum atomic E-state index is 6.51. The van der Waals surface area contributed by atoms with Crippen LogP contribution in [0.1, 0.15) is 53.9 Å². The van der Waals surface area contributed by atoms with Gasteiger partial charge in [0.05, 0.1) is 24.1 Å². The van der Waals surface area contributed by atoms with E-state index in [0.29, 0.717) is 12.0 Å². The summed E-state index contributed by atoms with van der Waals surface area (Å²) in [4.78, 5) is 4.41. The molecular weight excluding hydrogens is 234 g/mol. The van der Waals surface area contributed by atoms with Crippen LogP contribution in [0.15, 0.2) is 30.6 Å². The molecule has 0 radical (unpaired) electrons. The van der Waals surface area contributed by atoms with Crippen LogP contribution >= 0.6 is 0 Å². The van der Waals surface area contributed by atoms with Crippen molar-refractivity contribution in [3.63, 3.8) is 0 Å². The van der Waals surface area contributed by atoms with Gasteiger partial charge in [-0.2, -0.15) is 0 Å². The first kappa shape index (κ1) is 12.4. The van der Waals surface area contributed by atoms with Crippen LogP contribution in [0.2, 0.25) is 0 Å². The fourth-order valence-electron chi connectivity index (χ4n) is 3.24. The van der Waals surface area contributed by atoms with E-state index in [1.54, 1.807) is 0 Å². The lowest BCUT2D eigenvalue weighted by molar-refractivity contribution is 0.339. The Hall–Kier alpha value is -1.61. The Bertz CT molecular complexity index is 600. The lowest BCUT2D eigenvalue weighted by Gasteiger charge is -2.36. The average Bonchev–Trinajstić information content (AvgIpc) is 2.75. The summed E-state index contributed by atoms with van der Waals surface area (Å²) in [6, 6.07) is 8.93. The van der Waals surface area contributed by atoms with E-state index in [-0.39, 0.29) is 6.04 Å². The Balaban J connectivity index is 2.05. The van der Waals surface area contributed by atoms with E-state index >= 15 is 0 Å². The molecule has 100 valence electrons. The van der Waals surface area contributed by atoms with Gasteiger partial charge in [0.1, 0.15) is 0 Å². The van der Waals surface area contributed by atoms with Crippen LogP contribution in [0, 0.1) is 13.8 Å². The summed E-state index contributed by atoms with van der Waals surface area (Å²) in [6.45, 7) is 6.47. The zero-order valence-corrected chi connectivity index (χ0v) is 11.8. The van der Waals surface area contributed by atoms with Crippen LogP contribution in [0.4, 0.5) is 0 Å². The summed E-state index contributed by atoms with van der Waals surface area (Å²) in [6.07, 6.45) is 3.02. The third-order valence-corrected chi connectivity index (χ3v) is 4.54. The first-order valence-electron chi connectivity index (χ1n) is 6.94. The minimum Gasteiger partial charge on any atom is -0.330 e. The molecule has 0 saturated carbocycles. The van der Waals surface area contributed by atoms with E-state index < -0.39 is 0 Å². The van der Waals surface area contributed by atoms with E-state index in [1.807, 2.05) is 6.33 Å². The fourth-order valence-corrected chi connectivity index (χ4v) is 3.24. The maximum absolute atomic E-state index is 6.51. The predicted octanol–water partition coefficient (Wildman–Crippen LogP) is 3.25. The molecule has 3 heteroatoms. The van der Waals surface area contributed by atoms with Gasteiger partial charge in [-0.1, -0.05) is 31.2 Å². The largest absolute Gasteiger partial charge is 0.330 e. The van der Waals surface area contributed by atoms with Gasteiger partial charge >= 0.3 is 0 Å². The quantitative estimate of drug-likeness (QED) is 0.850. The SMILES string of the molecule is Cc1ncn(C2CC(C)c3ccccc3C2N)c1C. The Labute approximate surface area is 114 Å². The molecule has 2 aromatic rings. The van der Waals surface area contributed by atoms with Gasteiger partial charge < -0.3 is 10.3 Å². The number of benzene rings is 1. The summed E-state index contributed by atoms with van der Waals surface area (Å²) in [5.74, 6) is 0.545. The van der Waals surface area contributed by atoms with Crippen molar-refractivity contribution in [2.45, 2.75) is 45.2 Å². The first-order valence-corrected chi connectivity index (χ1v) is 6.94. The number of rotatable bonds is 1. The zero-order valence-electron chi connectivity index (χ0n) is 11.8. The monoisotopic (exact) mass is 255 g/mol. The van der Waals surface area contributed by atoms with E-state index in [4.69, 9.17) is 5.73 Å². The number of nitrogens with two attached hydrogens (primary N) is 1. The molecule has 0 amide bonds. The van der Waals surface area contributed by atoms with Gasteiger partial charge in [0.25, 0.3) is 0 Å². The van der Waals surface area contributed by atoms with Crippen molar-refractivity contribution in [1.82, 2.24) is 9.55 Å². The van der Waals surface area contributed by atoms with Crippen molar-refractivity contribution in [3.05, 3.63) is 53.1 Å². The molecule has 1 aliphatic rings. The average molecular weight is 255 g/mol. The number of fused-ring (bicyclic) bond motifs is 1. The van der Waals surface area contributed by atoms with Gasteiger partial charge in [-0.05, 0) is 37.3 Å². The number of aromatic nitrogens is 2. The highest BCUT2D eigenvalue weighted by atomic mass is 15.1. The number of nitrogens with zero attached hydrogens (tertiary/aromatic N) is 2. The van der Waals surface area contributed by atoms with Crippen molar-refractivity contribution in [2.24, 2.45) is 5.73 Å². The normalized spacial score (nSPS) is 26.2. The van der Waals surface area contributed by atoms with Crippen LogP contribution in [0.5, 0.6) is 0 Å². The zero-order chi connectivity index (χ0) is 13.6. The molecule has 1 heterocycles. The molecule has 1 aromatic carbocycles. The second-order valence-corrected chi connectivity index (χ2v) is 5.68. The van der Waals surface area contributed by atoms with E-state index in [2.05, 4.69) is 54.6 Å². The number of aryl methyl sites for hydroxylation is 1. The topological polar surface area (TPSA) is 43.8 Å². The van der Waals surface area contributed by atoms with Crippen LogP contribution in [0.25, 0.3) is 0 Å². The van der Waals surface area contributed by atoms with Crippen LogP contribution in [-0.2, 0) is 0 Å². The van der Waals surface area contributed by atoms with Gasteiger partial charge in [-0.3, -0.25) is 0 Å². The molecule has 0 saturated heterocycles. The first-order chi connectivity index (χ1) is 9.09. The standard InChI is InChI=1S/C16H21N3/c1-10-8-15(19-9-18-11(2)12(19)3)16(17)14-7-5-4-6-13(10)14/h4-7,9-10,15-16H,8,17H2,1-3H3. The molecule has 19 heavy (non-hydrogen) atoms. The summed E-state index contributed by atoms with van der Waals surface area (Å²) in [5.41, 5.74) is 11.5. The predicted molar refractivity (Wildman–Crippen MR) is 77.1 cm³/mol. The molecule has 0 fully saturated rings. The van der Waals surface area contributed by atoms with Crippen molar-refractivity contribution in [1.29, 1.82) is 0 Å². The maximum Gasteiger partial charge on any atom is 0.0954 e. The molecule has 3 unspecified atom stereocenters. The van der Waals surface area contributed by atoms with Gasteiger partial charge in [0.2, 0.25) is 0 Å². The summed E-state index contributed by atoms with van der Waals surface area (Å²) in [7, 11) is 0. The highest BCUT2D eigenvalue weighted by molar-refractivity contribution is 5.36. The van der Waals surface area contributed by atoms with Crippen molar-refractivity contribution in [3.8, 4) is 0 Å². The molecule has 0 aliphatic heterocycles. The number of hydrogen-bond acceptors (Lipinski definition) is 2. The Kier molecular flexibility index (Phi) is 2.94. The molecule has 0 spiro atoms. The van der Waals surface area contributed by atoms with Crippen LogP contribution in [0.3, 0.4) is 0 Å². The van der Waals surface area contributed by atoms with Gasteiger partial charge in [0.15, 0.2) is 0 Å². The molecule has 3 atom stereocenters. The van der Waals surface area contributed by atoms with Crippen molar-refractivity contribution < 1.29 is 0 Å². The lowest BCUT2D eigenvalue weighted by atomic mass is 9.78. The molecule has 0 bridgehead atoms. The lowest BCUT2D eigenvalue weighted by Crippen LogP contribution is -2.31. The summed E-state index contributed by atoms with van der Waals surface area (Å²) < 4.78 is 2.26. The molecule has 1 aliphatic carbocycles. The summed E-state index contributed by atoms with van der Waals surface area (Å²) in [5, 5.41) is 0. The van der Waals surface area contributed by atoms with E-state index in [1.165, 1.54) is 16.8 Å². The Morgan fingerprint density at radius 1 is 1.21 bits per heavy atom. The minimum absolute atomic E-state index is 0.0553. The Morgan fingerprint density at radius 3 is 2.53 bits per heavy atom. The van der Waals surface area contributed by atoms with Crippen molar-refractivity contribution in [2.75, 3.05) is 0 Å². The van der Waals surface area contributed by atoms with Crippen LogP contribution in [-0.4, -0.2) is 9.55 Å². The Morgan fingerprint density at radius 2 is 1.89 bits per heavy atom. The summed E-state index contributed by atoms with van der Waals surface area (Å²) >= 11 is 0. The molecule has 2 N–H and O–H groups in total. The van der Waals surface area contributed by atoms with Crippen molar-refractivity contribution >= 4 is 0 Å². The van der Waals surface area contributed by atoms with Gasteiger partial charge in [-0.25, -0.2) is 4.98 Å². The fraction of sp³-hybridized carbons (Fsp3) is 0.438. The molecule has 3 rings (SSSR count). The highest BCUT2D eigenvalue weighted by Gasteiger charge is 2.32. The number of imidazole rings is 1. The highest BCUT2D eigenvalue weighted by Crippen LogP contribution is 2.42.